The Morgan fingerprint density at radius 1 is 1.60 bits per heavy atom. The molecule has 1 unspecified atom stereocenters. The molecule has 0 radical (unpaired) electrons. The van der Waals surface area contributed by atoms with E-state index in [0.717, 1.165) is 29.7 Å². The van der Waals surface area contributed by atoms with E-state index in [4.69, 9.17) is 11.6 Å². The van der Waals surface area contributed by atoms with Crippen LogP contribution in [0.1, 0.15) is 30.5 Å². The summed E-state index contributed by atoms with van der Waals surface area (Å²) in [4.78, 5) is 4.39. The van der Waals surface area contributed by atoms with Crippen molar-refractivity contribution in [1.82, 2.24) is 10.3 Å². The summed E-state index contributed by atoms with van der Waals surface area (Å²) in [7, 11) is 0. The lowest BCUT2D eigenvalue weighted by Gasteiger charge is -2.07. The summed E-state index contributed by atoms with van der Waals surface area (Å²) in [5.41, 5.74) is 1.16. The van der Waals surface area contributed by atoms with Crippen LogP contribution in [0.15, 0.2) is 5.38 Å². The van der Waals surface area contributed by atoms with Gasteiger partial charge in [0.2, 0.25) is 0 Å². The second kappa shape index (κ2) is 7.20. The molecular weight excluding hydrogens is 228 g/mol. The zero-order chi connectivity index (χ0) is 11.1. The number of aromatic nitrogens is 1. The maximum absolute atomic E-state index is 5.73. The smallest absolute Gasteiger partial charge is 0.0897 e. The van der Waals surface area contributed by atoms with Crippen LogP contribution < -0.4 is 5.32 Å². The number of rotatable bonds is 7. The van der Waals surface area contributed by atoms with Crippen molar-refractivity contribution in [1.29, 1.82) is 0 Å². The van der Waals surface area contributed by atoms with E-state index in [1.165, 1.54) is 12.8 Å². The Bertz CT molecular complexity index is 275. The van der Waals surface area contributed by atoms with E-state index in [1.807, 2.05) is 6.92 Å². The second-order valence-electron chi connectivity index (χ2n) is 3.94. The fourth-order valence-electron chi connectivity index (χ4n) is 1.36. The van der Waals surface area contributed by atoms with Gasteiger partial charge < -0.3 is 5.32 Å². The third-order valence-corrected chi connectivity index (χ3v) is 3.64. The largest absolute Gasteiger partial charge is 0.311 e. The van der Waals surface area contributed by atoms with Crippen molar-refractivity contribution in [2.45, 2.75) is 33.2 Å². The number of aryl methyl sites for hydroxylation is 1. The van der Waals surface area contributed by atoms with Crippen molar-refractivity contribution in [3.63, 3.8) is 0 Å². The van der Waals surface area contributed by atoms with Gasteiger partial charge in [0.05, 0.1) is 10.7 Å². The van der Waals surface area contributed by atoms with Crippen LogP contribution in [-0.2, 0) is 6.54 Å². The minimum Gasteiger partial charge on any atom is -0.311 e. The van der Waals surface area contributed by atoms with Crippen molar-refractivity contribution >= 4 is 22.9 Å². The topological polar surface area (TPSA) is 24.9 Å². The lowest BCUT2D eigenvalue weighted by atomic mass is 10.1. The summed E-state index contributed by atoms with van der Waals surface area (Å²) in [5, 5.41) is 6.65. The van der Waals surface area contributed by atoms with Crippen LogP contribution in [0.25, 0.3) is 0 Å². The van der Waals surface area contributed by atoms with E-state index in [1.54, 1.807) is 11.3 Å². The fraction of sp³-hybridized carbons (Fsp3) is 0.727. The number of hydrogen-bond acceptors (Lipinski definition) is 3. The SMILES string of the molecule is Cc1nc(CNCCCC(C)CCl)cs1. The Balaban J connectivity index is 2.02. The van der Waals surface area contributed by atoms with Crippen LogP contribution >= 0.6 is 22.9 Å². The first-order valence-corrected chi connectivity index (χ1v) is 6.81. The highest BCUT2D eigenvalue weighted by molar-refractivity contribution is 7.09. The third-order valence-electron chi connectivity index (χ3n) is 2.29. The first-order valence-electron chi connectivity index (χ1n) is 5.40. The van der Waals surface area contributed by atoms with E-state index in [2.05, 4.69) is 22.6 Å². The third kappa shape index (κ3) is 5.50. The molecule has 0 saturated carbocycles. The van der Waals surface area contributed by atoms with E-state index in [0.29, 0.717) is 5.92 Å². The summed E-state index contributed by atoms with van der Waals surface area (Å²) < 4.78 is 0. The standard InChI is InChI=1S/C11H19ClN2S/c1-9(6-12)4-3-5-13-7-11-8-15-10(2)14-11/h8-9,13H,3-7H2,1-2H3. The molecule has 1 N–H and O–H groups in total. The monoisotopic (exact) mass is 246 g/mol. The first-order chi connectivity index (χ1) is 7.22. The molecule has 0 fully saturated rings. The number of nitrogens with one attached hydrogen (secondary N) is 1. The van der Waals surface area contributed by atoms with Gasteiger partial charge in [-0.2, -0.15) is 0 Å². The van der Waals surface area contributed by atoms with Gasteiger partial charge >= 0.3 is 0 Å². The molecule has 1 atom stereocenters. The van der Waals surface area contributed by atoms with Gasteiger partial charge in [-0.3, -0.25) is 0 Å². The Morgan fingerprint density at radius 3 is 3.00 bits per heavy atom. The highest BCUT2D eigenvalue weighted by Crippen LogP contribution is 2.08. The molecule has 0 aliphatic rings. The molecule has 1 rings (SSSR count). The number of halogens is 1. The normalized spacial score (nSPS) is 13.0. The van der Waals surface area contributed by atoms with Crippen LogP contribution in [0.4, 0.5) is 0 Å². The fourth-order valence-corrected chi connectivity index (χ4v) is 2.13. The summed E-state index contributed by atoms with van der Waals surface area (Å²) in [6.45, 7) is 6.17. The summed E-state index contributed by atoms with van der Waals surface area (Å²) in [6.07, 6.45) is 2.39. The zero-order valence-corrected chi connectivity index (χ0v) is 11.0. The lowest BCUT2D eigenvalue weighted by Crippen LogP contribution is -2.15. The lowest BCUT2D eigenvalue weighted by molar-refractivity contribution is 0.530. The maximum atomic E-state index is 5.73. The van der Waals surface area contributed by atoms with Crippen molar-refractivity contribution in [2.24, 2.45) is 5.92 Å². The number of hydrogen-bond donors (Lipinski definition) is 1. The summed E-state index contributed by atoms with van der Waals surface area (Å²) >= 11 is 7.44. The summed E-state index contributed by atoms with van der Waals surface area (Å²) in [5.74, 6) is 1.40. The van der Waals surface area contributed by atoms with Crippen LogP contribution in [0.3, 0.4) is 0 Å². The van der Waals surface area contributed by atoms with Gasteiger partial charge in [0.15, 0.2) is 0 Å². The molecule has 0 saturated heterocycles. The molecular formula is C11H19ClN2S. The zero-order valence-electron chi connectivity index (χ0n) is 9.42. The molecule has 0 aliphatic heterocycles. The van der Waals surface area contributed by atoms with Crippen LogP contribution in [-0.4, -0.2) is 17.4 Å². The van der Waals surface area contributed by atoms with Gasteiger partial charge in [-0.25, -0.2) is 4.98 Å². The highest BCUT2D eigenvalue weighted by atomic mass is 35.5. The minimum atomic E-state index is 0.634. The molecule has 15 heavy (non-hydrogen) atoms. The van der Waals surface area contributed by atoms with Gasteiger partial charge in [0, 0.05) is 17.8 Å². The Labute approximate surface area is 101 Å². The molecule has 0 amide bonds. The van der Waals surface area contributed by atoms with Gasteiger partial charge in [-0.1, -0.05) is 6.92 Å². The van der Waals surface area contributed by atoms with Crippen molar-refractivity contribution in [3.8, 4) is 0 Å². The molecule has 1 aromatic rings. The number of nitrogens with zero attached hydrogens (tertiary/aromatic N) is 1. The second-order valence-corrected chi connectivity index (χ2v) is 5.31. The number of alkyl halides is 1. The first kappa shape index (κ1) is 12.9. The summed E-state index contributed by atoms with van der Waals surface area (Å²) in [6, 6.07) is 0. The van der Waals surface area contributed by atoms with Crippen LogP contribution in [0.2, 0.25) is 0 Å². The molecule has 0 aromatic carbocycles. The quantitative estimate of drug-likeness (QED) is 0.591. The van der Waals surface area contributed by atoms with Crippen LogP contribution in [0.5, 0.6) is 0 Å². The molecule has 4 heteroatoms. The Morgan fingerprint density at radius 2 is 2.40 bits per heavy atom. The van der Waals surface area contributed by atoms with Gasteiger partial charge in [0.25, 0.3) is 0 Å². The minimum absolute atomic E-state index is 0.634. The van der Waals surface area contributed by atoms with Gasteiger partial charge in [0.1, 0.15) is 0 Å². The van der Waals surface area contributed by atoms with Gasteiger partial charge in [-0.05, 0) is 32.2 Å². The van der Waals surface area contributed by atoms with Gasteiger partial charge in [-0.15, -0.1) is 22.9 Å². The molecule has 0 spiro atoms. The predicted octanol–water partition coefficient (Wildman–Crippen LogP) is 3.20. The molecule has 0 bridgehead atoms. The number of thiazole rings is 1. The molecule has 0 aliphatic carbocycles. The molecule has 2 nitrogen and oxygen atoms in total. The van der Waals surface area contributed by atoms with Crippen molar-refractivity contribution < 1.29 is 0 Å². The van der Waals surface area contributed by atoms with Crippen molar-refractivity contribution in [3.05, 3.63) is 16.1 Å². The average molecular weight is 247 g/mol. The molecule has 1 aromatic heterocycles. The predicted molar refractivity (Wildman–Crippen MR) is 67.7 cm³/mol. The van der Waals surface area contributed by atoms with E-state index in [9.17, 15) is 0 Å². The van der Waals surface area contributed by atoms with Crippen molar-refractivity contribution in [2.75, 3.05) is 12.4 Å². The van der Waals surface area contributed by atoms with Crippen LogP contribution in [0, 0.1) is 12.8 Å². The molecule has 86 valence electrons. The maximum Gasteiger partial charge on any atom is 0.0897 e. The Hall–Kier alpha value is -0.120. The Kier molecular flexibility index (Phi) is 6.22. The van der Waals surface area contributed by atoms with E-state index >= 15 is 0 Å². The van der Waals surface area contributed by atoms with E-state index in [-0.39, 0.29) is 0 Å². The molecule has 1 heterocycles. The average Bonchev–Trinajstić information content (AvgIpc) is 2.63. The highest BCUT2D eigenvalue weighted by Gasteiger charge is 2.00. The van der Waals surface area contributed by atoms with E-state index < -0.39 is 0 Å².